The quantitative estimate of drug-likeness (QED) is 0.473. The molecule has 0 spiro atoms. The summed E-state index contributed by atoms with van der Waals surface area (Å²) >= 11 is 0.963. The molecule has 9 heteroatoms. The van der Waals surface area contributed by atoms with Gasteiger partial charge >= 0.3 is 16.9 Å². The van der Waals surface area contributed by atoms with E-state index in [2.05, 4.69) is 15.6 Å². The number of hydrogen-bond acceptors (Lipinski definition) is 5. The van der Waals surface area contributed by atoms with E-state index in [1.807, 2.05) is 0 Å². The molecule has 1 aromatic heterocycles. The number of carbonyl (C=O) groups excluding carboxylic acids is 1. The molecule has 0 aliphatic carbocycles. The molecular formula is C9H13N3O5S. The highest BCUT2D eigenvalue weighted by Gasteiger charge is 2.24. The number of aliphatic carboxylic acids is 1. The van der Waals surface area contributed by atoms with Crippen LogP contribution in [0.3, 0.4) is 0 Å². The van der Waals surface area contributed by atoms with Crippen molar-refractivity contribution in [2.24, 2.45) is 0 Å². The summed E-state index contributed by atoms with van der Waals surface area (Å²) in [6.45, 7) is 1.33. The first-order valence-corrected chi connectivity index (χ1v) is 5.90. The number of amides is 2. The predicted octanol–water partition coefficient (Wildman–Crippen LogP) is -0.930. The third-order valence-corrected chi connectivity index (χ3v) is 2.76. The van der Waals surface area contributed by atoms with E-state index in [9.17, 15) is 14.4 Å². The van der Waals surface area contributed by atoms with Crippen molar-refractivity contribution in [3.8, 4) is 0 Å². The molecule has 2 amide bonds. The Kier molecular flexibility index (Phi) is 4.86. The van der Waals surface area contributed by atoms with Crippen molar-refractivity contribution in [2.45, 2.75) is 25.6 Å². The van der Waals surface area contributed by atoms with Gasteiger partial charge in [-0.3, -0.25) is 4.79 Å². The van der Waals surface area contributed by atoms with Gasteiger partial charge in [0.2, 0.25) is 0 Å². The number of rotatable bonds is 5. The second-order valence-corrected chi connectivity index (χ2v) is 4.40. The van der Waals surface area contributed by atoms with Gasteiger partial charge in [0.25, 0.3) is 0 Å². The Morgan fingerprint density at radius 1 is 1.56 bits per heavy atom. The Bertz CT molecular complexity index is 481. The number of carbonyl (C=O) groups is 2. The SMILES string of the molecule is C[C@@H](O)[C@H](NC(=O)NCc1csc(=O)[nH]1)C(=O)O. The zero-order valence-electron chi connectivity index (χ0n) is 9.47. The van der Waals surface area contributed by atoms with Crippen LogP contribution in [0.2, 0.25) is 0 Å². The third kappa shape index (κ3) is 4.18. The summed E-state index contributed by atoms with van der Waals surface area (Å²) < 4.78 is 0. The Hall–Kier alpha value is -1.87. The fourth-order valence-electron chi connectivity index (χ4n) is 1.16. The molecule has 0 aliphatic heterocycles. The van der Waals surface area contributed by atoms with Gasteiger partial charge in [0, 0.05) is 11.1 Å². The molecule has 0 aliphatic rings. The summed E-state index contributed by atoms with van der Waals surface area (Å²) in [6, 6.07) is -2.12. The average molecular weight is 275 g/mol. The number of hydrogen-bond donors (Lipinski definition) is 5. The van der Waals surface area contributed by atoms with Crippen molar-refractivity contribution in [1.29, 1.82) is 0 Å². The smallest absolute Gasteiger partial charge is 0.328 e. The van der Waals surface area contributed by atoms with Crippen LogP contribution in [0.5, 0.6) is 0 Å². The summed E-state index contributed by atoms with van der Waals surface area (Å²) in [7, 11) is 0. The Balaban J connectivity index is 2.46. The largest absolute Gasteiger partial charge is 0.480 e. The molecule has 2 atom stereocenters. The second-order valence-electron chi connectivity index (χ2n) is 3.56. The molecule has 5 N–H and O–H groups in total. The molecule has 1 heterocycles. The summed E-state index contributed by atoms with van der Waals surface area (Å²) in [5.74, 6) is -1.33. The van der Waals surface area contributed by atoms with E-state index < -0.39 is 24.1 Å². The van der Waals surface area contributed by atoms with Gasteiger partial charge in [-0.2, -0.15) is 0 Å². The minimum Gasteiger partial charge on any atom is -0.480 e. The molecule has 0 radical (unpaired) electrons. The van der Waals surface area contributed by atoms with E-state index in [1.165, 1.54) is 6.92 Å². The zero-order valence-corrected chi connectivity index (χ0v) is 10.3. The molecule has 0 saturated heterocycles. The van der Waals surface area contributed by atoms with Crippen molar-refractivity contribution >= 4 is 23.3 Å². The highest BCUT2D eigenvalue weighted by molar-refractivity contribution is 7.07. The number of carboxylic acids is 1. The van der Waals surface area contributed by atoms with Crippen molar-refractivity contribution in [3.63, 3.8) is 0 Å². The monoisotopic (exact) mass is 275 g/mol. The first kappa shape index (κ1) is 14.2. The highest BCUT2D eigenvalue weighted by atomic mass is 32.1. The number of H-pyrrole nitrogens is 1. The molecule has 0 fully saturated rings. The van der Waals surface area contributed by atoms with Gasteiger partial charge < -0.3 is 25.8 Å². The topological polar surface area (TPSA) is 132 Å². The molecule has 100 valence electrons. The lowest BCUT2D eigenvalue weighted by atomic mass is 10.2. The number of aromatic amines is 1. The normalized spacial score (nSPS) is 13.7. The van der Waals surface area contributed by atoms with Crippen LogP contribution in [0.1, 0.15) is 12.6 Å². The van der Waals surface area contributed by atoms with Crippen LogP contribution >= 0.6 is 11.3 Å². The molecule has 0 bridgehead atoms. The number of urea groups is 1. The fraction of sp³-hybridized carbons (Fsp3) is 0.444. The fourth-order valence-corrected chi connectivity index (χ4v) is 1.74. The Morgan fingerprint density at radius 2 is 2.22 bits per heavy atom. The van der Waals surface area contributed by atoms with E-state index in [4.69, 9.17) is 10.2 Å². The number of carboxylic acid groups (broad SMARTS) is 1. The van der Waals surface area contributed by atoms with E-state index >= 15 is 0 Å². The van der Waals surface area contributed by atoms with Crippen LogP contribution in [0.4, 0.5) is 4.79 Å². The Labute approximate surface area is 106 Å². The summed E-state index contributed by atoms with van der Waals surface area (Å²) in [6.07, 6.45) is -1.21. The number of thiazole rings is 1. The second kappa shape index (κ2) is 6.17. The van der Waals surface area contributed by atoms with Crippen molar-refractivity contribution in [1.82, 2.24) is 15.6 Å². The lowest BCUT2D eigenvalue weighted by Crippen LogP contribution is -2.51. The van der Waals surface area contributed by atoms with Crippen LogP contribution in [0, 0.1) is 0 Å². The van der Waals surface area contributed by atoms with Gasteiger partial charge in [0.05, 0.1) is 12.6 Å². The van der Waals surface area contributed by atoms with Gasteiger partial charge in [0.1, 0.15) is 0 Å². The zero-order chi connectivity index (χ0) is 13.7. The van der Waals surface area contributed by atoms with Crippen molar-refractivity contribution in [2.75, 3.05) is 0 Å². The van der Waals surface area contributed by atoms with Gasteiger partial charge in [-0.15, -0.1) is 0 Å². The molecule has 0 aromatic carbocycles. The molecule has 18 heavy (non-hydrogen) atoms. The predicted molar refractivity (Wildman–Crippen MR) is 63.4 cm³/mol. The highest BCUT2D eigenvalue weighted by Crippen LogP contribution is 1.96. The van der Waals surface area contributed by atoms with E-state index in [0.29, 0.717) is 5.69 Å². The molecular weight excluding hydrogens is 262 g/mol. The minimum absolute atomic E-state index is 0.0662. The van der Waals surface area contributed by atoms with Crippen LogP contribution in [0.25, 0.3) is 0 Å². The number of nitrogens with one attached hydrogen (secondary N) is 3. The first-order chi connectivity index (χ1) is 8.40. The summed E-state index contributed by atoms with van der Waals surface area (Å²) in [5, 5.41) is 23.9. The van der Waals surface area contributed by atoms with Gasteiger partial charge in [-0.05, 0) is 6.92 Å². The lowest BCUT2D eigenvalue weighted by Gasteiger charge is -2.17. The van der Waals surface area contributed by atoms with Crippen molar-refractivity contribution in [3.05, 3.63) is 20.7 Å². The lowest BCUT2D eigenvalue weighted by molar-refractivity contribution is -0.141. The number of aliphatic hydroxyl groups is 1. The summed E-state index contributed by atoms with van der Waals surface area (Å²) in [5.41, 5.74) is 0.518. The number of aliphatic hydroxyl groups excluding tert-OH is 1. The van der Waals surface area contributed by atoms with Crippen LogP contribution in [-0.4, -0.2) is 39.3 Å². The van der Waals surface area contributed by atoms with E-state index in [1.54, 1.807) is 5.38 Å². The Morgan fingerprint density at radius 3 is 2.67 bits per heavy atom. The number of aromatic nitrogens is 1. The maximum Gasteiger partial charge on any atom is 0.328 e. The van der Waals surface area contributed by atoms with Crippen molar-refractivity contribution < 1.29 is 19.8 Å². The van der Waals surface area contributed by atoms with E-state index in [0.717, 1.165) is 11.3 Å². The first-order valence-electron chi connectivity index (χ1n) is 5.02. The third-order valence-electron chi connectivity index (χ3n) is 2.05. The molecule has 0 saturated carbocycles. The van der Waals surface area contributed by atoms with Gasteiger partial charge in [0.15, 0.2) is 6.04 Å². The van der Waals surface area contributed by atoms with Gasteiger partial charge in [-0.1, -0.05) is 11.3 Å². The molecule has 1 rings (SSSR count). The summed E-state index contributed by atoms with van der Waals surface area (Å²) in [4.78, 5) is 35.1. The average Bonchev–Trinajstić information content (AvgIpc) is 2.68. The standard InChI is InChI=1S/C9H13N3O5S/c1-4(13)6(7(14)15)12-8(16)10-2-5-3-18-9(17)11-5/h3-4,6,13H,2H2,1H3,(H,11,17)(H,14,15)(H2,10,12,16)/t4-,6+/m1/s1. The maximum absolute atomic E-state index is 11.4. The minimum atomic E-state index is -1.38. The van der Waals surface area contributed by atoms with Crippen LogP contribution in [0.15, 0.2) is 10.2 Å². The van der Waals surface area contributed by atoms with Crippen LogP contribution < -0.4 is 15.5 Å². The van der Waals surface area contributed by atoms with Crippen LogP contribution in [-0.2, 0) is 11.3 Å². The molecule has 1 aromatic rings. The molecule has 8 nitrogen and oxygen atoms in total. The molecule has 0 unspecified atom stereocenters. The van der Waals surface area contributed by atoms with E-state index in [-0.39, 0.29) is 11.4 Å². The maximum atomic E-state index is 11.4. The van der Waals surface area contributed by atoms with Gasteiger partial charge in [-0.25, -0.2) is 9.59 Å².